The van der Waals surface area contributed by atoms with Gasteiger partial charge in [-0.15, -0.1) is 0 Å². The van der Waals surface area contributed by atoms with Crippen LogP contribution >= 0.6 is 0 Å². The molecule has 2 aromatic carbocycles. The zero-order valence-electron chi connectivity index (χ0n) is 23.2. The van der Waals surface area contributed by atoms with Gasteiger partial charge in [0.05, 0.1) is 33.1 Å². The molecular formula is C29H39N3O6. The van der Waals surface area contributed by atoms with Crippen LogP contribution in [0.4, 0.5) is 5.69 Å². The number of hydrogen-bond donors (Lipinski definition) is 3. The maximum Gasteiger partial charge on any atom is 0.220 e. The van der Waals surface area contributed by atoms with Crippen molar-refractivity contribution in [3.05, 3.63) is 45.6 Å². The molecule has 9 nitrogen and oxygen atoms in total. The second-order valence-corrected chi connectivity index (χ2v) is 9.82. The highest BCUT2D eigenvalue weighted by Crippen LogP contribution is 2.50. The molecule has 3 rings (SSSR count). The molecule has 0 radical (unpaired) electrons. The molecule has 0 aliphatic heterocycles. The smallest absolute Gasteiger partial charge is 0.220 e. The van der Waals surface area contributed by atoms with Crippen LogP contribution in [0, 0.1) is 5.92 Å². The lowest BCUT2D eigenvalue weighted by Gasteiger charge is -2.19. The predicted molar refractivity (Wildman–Crippen MR) is 148 cm³/mol. The van der Waals surface area contributed by atoms with Crippen LogP contribution in [-0.4, -0.2) is 46.2 Å². The molecule has 1 atom stereocenters. The Morgan fingerprint density at radius 2 is 1.79 bits per heavy atom. The number of carbonyl (C=O) groups excluding carboxylic acids is 2. The number of rotatable bonds is 11. The fourth-order valence-electron chi connectivity index (χ4n) is 4.73. The number of methoxy groups -OCH3 is 3. The summed E-state index contributed by atoms with van der Waals surface area (Å²) in [6.07, 6.45) is 2.19. The average Bonchev–Trinajstić information content (AvgIpc) is 3.12. The monoisotopic (exact) mass is 525 g/mol. The first kappa shape index (κ1) is 28.8. The van der Waals surface area contributed by atoms with Gasteiger partial charge in [0.15, 0.2) is 11.5 Å². The minimum Gasteiger partial charge on any atom is -0.493 e. The van der Waals surface area contributed by atoms with Crippen molar-refractivity contribution < 1.29 is 23.8 Å². The predicted octanol–water partition coefficient (Wildman–Crippen LogP) is 3.83. The number of aryl methyl sites for hydroxylation is 1. The topological polar surface area (TPSA) is 115 Å². The van der Waals surface area contributed by atoms with E-state index in [1.165, 1.54) is 6.92 Å². The lowest BCUT2D eigenvalue weighted by molar-refractivity contribution is -0.121. The van der Waals surface area contributed by atoms with Gasteiger partial charge in [0.2, 0.25) is 23.0 Å². The van der Waals surface area contributed by atoms with Crippen LogP contribution in [0.3, 0.4) is 0 Å². The molecule has 0 saturated heterocycles. The van der Waals surface area contributed by atoms with Crippen molar-refractivity contribution >= 4 is 17.5 Å². The second-order valence-electron chi connectivity index (χ2n) is 9.82. The molecular weight excluding hydrogens is 486 g/mol. The number of fused-ring (bicyclic) bond motifs is 3. The largest absolute Gasteiger partial charge is 0.493 e. The van der Waals surface area contributed by atoms with Gasteiger partial charge in [-0.2, -0.15) is 0 Å². The van der Waals surface area contributed by atoms with E-state index in [2.05, 4.69) is 16.0 Å². The lowest BCUT2D eigenvalue weighted by Crippen LogP contribution is -2.27. The van der Waals surface area contributed by atoms with Crippen molar-refractivity contribution in [2.45, 2.75) is 52.5 Å². The first-order chi connectivity index (χ1) is 18.2. The fourth-order valence-corrected chi connectivity index (χ4v) is 4.73. The van der Waals surface area contributed by atoms with Gasteiger partial charge in [-0.25, -0.2) is 0 Å². The first-order valence-corrected chi connectivity index (χ1v) is 13.0. The second kappa shape index (κ2) is 13.2. The molecule has 38 heavy (non-hydrogen) atoms. The highest BCUT2D eigenvalue weighted by atomic mass is 16.5. The van der Waals surface area contributed by atoms with E-state index in [1.807, 2.05) is 26.0 Å². The van der Waals surface area contributed by atoms with E-state index in [-0.39, 0.29) is 23.3 Å². The molecule has 0 saturated carbocycles. The fraction of sp³-hybridized carbons (Fsp3) is 0.483. The van der Waals surface area contributed by atoms with Gasteiger partial charge in [-0.3, -0.25) is 14.4 Å². The van der Waals surface area contributed by atoms with E-state index in [0.29, 0.717) is 73.2 Å². The Balaban J connectivity index is 2.01. The Labute approximate surface area is 224 Å². The van der Waals surface area contributed by atoms with Crippen LogP contribution in [0.5, 0.6) is 17.2 Å². The van der Waals surface area contributed by atoms with Crippen LogP contribution in [-0.2, 0) is 16.0 Å². The summed E-state index contributed by atoms with van der Waals surface area (Å²) < 4.78 is 17.0. The minimum absolute atomic E-state index is 0.000551. The van der Waals surface area contributed by atoms with E-state index >= 15 is 0 Å². The van der Waals surface area contributed by atoms with Crippen LogP contribution in [0.25, 0.3) is 11.1 Å². The zero-order valence-corrected chi connectivity index (χ0v) is 23.2. The third kappa shape index (κ3) is 6.76. The summed E-state index contributed by atoms with van der Waals surface area (Å²) in [5.41, 5.74) is 3.46. The molecule has 9 heteroatoms. The van der Waals surface area contributed by atoms with Crippen LogP contribution in [0.2, 0.25) is 0 Å². The van der Waals surface area contributed by atoms with Crippen molar-refractivity contribution in [3.8, 4) is 28.4 Å². The molecule has 0 heterocycles. The summed E-state index contributed by atoms with van der Waals surface area (Å²) in [5.74, 6) is 1.73. The average molecular weight is 526 g/mol. The molecule has 1 aliphatic carbocycles. The van der Waals surface area contributed by atoms with Crippen molar-refractivity contribution in [1.29, 1.82) is 0 Å². The number of benzene rings is 1. The van der Waals surface area contributed by atoms with Crippen molar-refractivity contribution in [2.75, 3.05) is 39.7 Å². The molecule has 2 aromatic rings. The van der Waals surface area contributed by atoms with Crippen LogP contribution in [0.1, 0.15) is 57.2 Å². The maximum absolute atomic E-state index is 13.3. The first-order valence-electron chi connectivity index (χ1n) is 13.0. The number of carbonyl (C=O) groups is 2. The molecule has 1 aliphatic rings. The number of ether oxygens (including phenoxy) is 3. The Morgan fingerprint density at radius 1 is 1.05 bits per heavy atom. The summed E-state index contributed by atoms with van der Waals surface area (Å²) in [6.45, 7) is 6.68. The maximum atomic E-state index is 13.3. The molecule has 3 N–H and O–H groups in total. The van der Waals surface area contributed by atoms with Crippen molar-refractivity contribution in [2.24, 2.45) is 5.92 Å². The molecule has 0 unspecified atom stereocenters. The SMILES string of the molecule is COc1cc2c(c(OC)c1OC)-c1ccc(NCCCC(=O)NCC(C)C)c(=O)cc1[C@@H](NC(C)=O)CC2. The van der Waals surface area contributed by atoms with E-state index < -0.39 is 0 Å². The Morgan fingerprint density at radius 3 is 2.42 bits per heavy atom. The van der Waals surface area contributed by atoms with E-state index in [1.54, 1.807) is 33.5 Å². The van der Waals surface area contributed by atoms with Gasteiger partial charge in [-0.1, -0.05) is 19.9 Å². The summed E-state index contributed by atoms with van der Waals surface area (Å²) in [5, 5.41) is 9.10. The third-order valence-electron chi connectivity index (χ3n) is 6.52. The van der Waals surface area contributed by atoms with Crippen molar-refractivity contribution in [1.82, 2.24) is 10.6 Å². The van der Waals surface area contributed by atoms with Gasteiger partial charge in [0, 0.05) is 32.0 Å². The molecule has 0 fully saturated rings. The number of hydrogen-bond acceptors (Lipinski definition) is 7. The summed E-state index contributed by atoms with van der Waals surface area (Å²) in [6, 6.07) is 6.76. The Kier molecular flexibility index (Phi) is 9.98. The van der Waals surface area contributed by atoms with E-state index in [9.17, 15) is 14.4 Å². The number of anilines is 1. The van der Waals surface area contributed by atoms with Gasteiger partial charge >= 0.3 is 0 Å². The van der Waals surface area contributed by atoms with Gasteiger partial charge < -0.3 is 30.2 Å². The molecule has 206 valence electrons. The van der Waals surface area contributed by atoms with Crippen molar-refractivity contribution in [3.63, 3.8) is 0 Å². The summed E-state index contributed by atoms with van der Waals surface area (Å²) in [4.78, 5) is 37.4. The normalized spacial score (nSPS) is 14.0. The zero-order chi connectivity index (χ0) is 27.8. The Hall–Kier alpha value is -3.75. The standard InChI is InChI=1S/C29H39N3O6/c1-17(2)16-31-26(35)8-7-13-30-23-12-10-20-21(15-24(23)34)22(32-18(3)33)11-9-19-14-25(36-4)28(37-5)29(38-6)27(19)20/h10,12,14-15,17,22H,7-9,11,13,16H2,1-6H3,(H,30,34)(H,31,35)(H,32,33)/t22-/m0/s1. The summed E-state index contributed by atoms with van der Waals surface area (Å²) >= 11 is 0. The number of amides is 2. The third-order valence-corrected chi connectivity index (χ3v) is 6.52. The quantitative estimate of drug-likeness (QED) is 0.382. The summed E-state index contributed by atoms with van der Waals surface area (Å²) in [7, 11) is 4.69. The van der Waals surface area contributed by atoms with Gasteiger partial charge in [-0.05, 0) is 60.1 Å². The van der Waals surface area contributed by atoms with Gasteiger partial charge in [0.1, 0.15) is 0 Å². The molecule has 0 aromatic heterocycles. The van der Waals surface area contributed by atoms with Gasteiger partial charge in [0.25, 0.3) is 0 Å². The van der Waals surface area contributed by atoms with Crippen LogP contribution < -0.4 is 35.6 Å². The molecule has 2 amide bonds. The molecule has 0 spiro atoms. The minimum atomic E-state index is -0.366. The van der Waals surface area contributed by atoms with E-state index in [4.69, 9.17) is 14.2 Å². The Bertz CT molecular complexity index is 1230. The van der Waals surface area contributed by atoms with E-state index in [0.717, 1.165) is 16.7 Å². The molecule has 0 bridgehead atoms. The lowest BCUT2D eigenvalue weighted by atomic mass is 9.95. The number of nitrogens with one attached hydrogen (secondary N) is 3. The highest BCUT2D eigenvalue weighted by molar-refractivity contribution is 5.83. The van der Waals surface area contributed by atoms with Crippen LogP contribution in [0.15, 0.2) is 29.1 Å². The highest BCUT2D eigenvalue weighted by Gasteiger charge is 2.29.